The number of halogens is 1. The second-order valence-corrected chi connectivity index (χ2v) is 6.80. The number of benzene rings is 1. The molecule has 0 bridgehead atoms. The third-order valence-corrected chi connectivity index (χ3v) is 4.58. The van der Waals surface area contributed by atoms with Gasteiger partial charge in [-0.2, -0.15) is 4.98 Å². The molecule has 23 heavy (non-hydrogen) atoms. The zero-order valence-corrected chi connectivity index (χ0v) is 15.1. The van der Waals surface area contributed by atoms with Crippen LogP contribution < -0.4 is 4.74 Å². The number of aromatic nitrogens is 2. The maximum atomic E-state index is 12.5. The van der Waals surface area contributed by atoms with E-state index in [1.54, 1.807) is 12.3 Å². The lowest BCUT2D eigenvalue weighted by Crippen LogP contribution is -2.41. The SMILES string of the molecule is Cc1nccc(OC2CCN(C(=O)c3ccc(I)cc3)CC2)n1. The molecule has 6 heteroatoms. The molecular formula is C17H18IN3O2. The van der Waals surface area contributed by atoms with Gasteiger partial charge in [0.05, 0.1) is 0 Å². The second-order valence-electron chi connectivity index (χ2n) is 5.56. The monoisotopic (exact) mass is 423 g/mol. The third kappa shape index (κ3) is 4.19. The third-order valence-electron chi connectivity index (χ3n) is 3.86. The number of rotatable bonds is 3. The van der Waals surface area contributed by atoms with Crippen molar-refractivity contribution < 1.29 is 9.53 Å². The van der Waals surface area contributed by atoms with Crippen molar-refractivity contribution in [3.05, 3.63) is 51.5 Å². The lowest BCUT2D eigenvalue weighted by atomic mass is 10.1. The minimum atomic E-state index is 0.0951. The normalized spacial score (nSPS) is 15.5. The van der Waals surface area contributed by atoms with Gasteiger partial charge in [-0.15, -0.1) is 0 Å². The van der Waals surface area contributed by atoms with Crippen LogP contribution in [-0.4, -0.2) is 40.0 Å². The summed E-state index contributed by atoms with van der Waals surface area (Å²) in [5.41, 5.74) is 0.746. The average Bonchev–Trinajstić information content (AvgIpc) is 2.56. The highest BCUT2D eigenvalue weighted by Gasteiger charge is 2.24. The number of likely N-dealkylation sites (tertiary alicyclic amines) is 1. The molecule has 120 valence electrons. The van der Waals surface area contributed by atoms with Gasteiger partial charge in [0, 0.05) is 47.3 Å². The maximum absolute atomic E-state index is 12.5. The van der Waals surface area contributed by atoms with Crippen molar-refractivity contribution in [1.82, 2.24) is 14.9 Å². The number of amides is 1. The zero-order valence-electron chi connectivity index (χ0n) is 12.9. The molecule has 0 atom stereocenters. The number of nitrogens with zero attached hydrogens (tertiary/aromatic N) is 3. The lowest BCUT2D eigenvalue weighted by Gasteiger charge is -2.32. The molecule has 0 N–H and O–H groups in total. The fourth-order valence-electron chi connectivity index (χ4n) is 2.62. The molecule has 2 heterocycles. The van der Waals surface area contributed by atoms with Gasteiger partial charge in [0.2, 0.25) is 5.88 Å². The Morgan fingerprint density at radius 3 is 2.57 bits per heavy atom. The minimum Gasteiger partial charge on any atom is -0.474 e. The first-order valence-electron chi connectivity index (χ1n) is 7.63. The number of piperidine rings is 1. The summed E-state index contributed by atoms with van der Waals surface area (Å²) in [6.45, 7) is 3.26. The zero-order chi connectivity index (χ0) is 16.2. The molecule has 1 aromatic heterocycles. The van der Waals surface area contributed by atoms with Gasteiger partial charge in [0.25, 0.3) is 5.91 Å². The Balaban J connectivity index is 1.55. The van der Waals surface area contributed by atoms with Gasteiger partial charge < -0.3 is 9.64 Å². The van der Waals surface area contributed by atoms with Crippen LogP contribution in [0.4, 0.5) is 0 Å². The van der Waals surface area contributed by atoms with Crippen LogP contribution in [0.2, 0.25) is 0 Å². The van der Waals surface area contributed by atoms with Gasteiger partial charge >= 0.3 is 0 Å². The van der Waals surface area contributed by atoms with E-state index in [1.807, 2.05) is 36.1 Å². The molecule has 0 spiro atoms. The van der Waals surface area contributed by atoms with Crippen molar-refractivity contribution in [2.75, 3.05) is 13.1 Å². The quantitative estimate of drug-likeness (QED) is 0.713. The van der Waals surface area contributed by atoms with Gasteiger partial charge in [-0.25, -0.2) is 4.98 Å². The Morgan fingerprint density at radius 2 is 1.91 bits per heavy atom. The van der Waals surface area contributed by atoms with Gasteiger partial charge in [-0.05, 0) is 53.8 Å². The molecule has 0 radical (unpaired) electrons. The summed E-state index contributed by atoms with van der Waals surface area (Å²) in [5.74, 6) is 1.41. The van der Waals surface area contributed by atoms with Crippen molar-refractivity contribution in [2.24, 2.45) is 0 Å². The highest BCUT2D eigenvalue weighted by molar-refractivity contribution is 14.1. The van der Waals surface area contributed by atoms with Crippen molar-refractivity contribution in [2.45, 2.75) is 25.9 Å². The van der Waals surface area contributed by atoms with E-state index in [9.17, 15) is 4.79 Å². The van der Waals surface area contributed by atoms with Crippen molar-refractivity contribution in [1.29, 1.82) is 0 Å². The molecule has 1 aliphatic rings. The summed E-state index contributed by atoms with van der Waals surface area (Å²) < 4.78 is 7.03. The van der Waals surface area contributed by atoms with Crippen LogP contribution in [0.1, 0.15) is 29.0 Å². The standard InChI is InChI=1S/C17H18IN3O2/c1-12-19-9-6-16(20-12)23-15-7-10-21(11-8-15)17(22)13-2-4-14(18)5-3-13/h2-6,9,15H,7-8,10-11H2,1H3. The molecule has 1 saturated heterocycles. The predicted octanol–water partition coefficient (Wildman–Crippen LogP) is 3.07. The van der Waals surface area contributed by atoms with E-state index in [0.717, 1.165) is 22.0 Å². The Morgan fingerprint density at radius 1 is 1.22 bits per heavy atom. The van der Waals surface area contributed by atoms with Crippen LogP contribution >= 0.6 is 22.6 Å². The fourth-order valence-corrected chi connectivity index (χ4v) is 2.98. The van der Waals surface area contributed by atoms with E-state index in [1.165, 1.54) is 0 Å². The van der Waals surface area contributed by atoms with E-state index in [4.69, 9.17) is 4.74 Å². The molecule has 3 rings (SSSR count). The van der Waals surface area contributed by atoms with Gasteiger partial charge in [-0.3, -0.25) is 4.79 Å². The number of hydrogen-bond acceptors (Lipinski definition) is 4. The summed E-state index contributed by atoms with van der Waals surface area (Å²) in [6, 6.07) is 9.46. The number of hydrogen-bond donors (Lipinski definition) is 0. The number of ether oxygens (including phenoxy) is 1. The Labute approximate surface area is 149 Å². The van der Waals surface area contributed by atoms with Crippen LogP contribution in [0, 0.1) is 10.5 Å². The van der Waals surface area contributed by atoms with Crippen LogP contribution in [-0.2, 0) is 0 Å². The smallest absolute Gasteiger partial charge is 0.253 e. The Bertz CT molecular complexity index is 682. The van der Waals surface area contributed by atoms with Crippen LogP contribution in [0.5, 0.6) is 5.88 Å². The second kappa shape index (κ2) is 7.25. The van der Waals surface area contributed by atoms with Crippen molar-refractivity contribution in [3.8, 4) is 5.88 Å². The Kier molecular flexibility index (Phi) is 5.09. The molecule has 0 aliphatic carbocycles. The highest BCUT2D eigenvalue weighted by Crippen LogP contribution is 2.19. The molecule has 2 aromatic rings. The van der Waals surface area contributed by atoms with E-state index < -0.39 is 0 Å². The molecule has 1 aromatic carbocycles. The summed E-state index contributed by atoms with van der Waals surface area (Å²) in [7, 11) is 0. The summed E-state index contributed by atoms with van der Waals surface area (Å²) >= 11 is 2.24. The molecule has 0 unspecified atom stereocenters. The van der Waals surface area contributed by atoms with Crippen LogP contribution in [0.25, 0.3) is 0 Å². The van der Waals surface area contributed by atoms with Crippen molar-refractivity contribution in [3.63, 3.8) is 0 Å². The largest absolute Gasteiger partial charge is 0.474 e. The molecule has 1 aliphatic heterocycles. The summed E-state index contributed by atoms with van der Waals surface area (Å²) in [5, 5.41) is 0. The topological polar surface area (TPSA) is 55.3 Å². The van der Waals surface area contributed by atoms with Gasteiger partial charge in [-0.1, -0.05) is 0 Å². The van der Waals surface area contributed by atoms with Crippen molar-refractivity contribution >= 4 is 28.5 Å². The molecule has 0 saturated carbocycles. The van der Waals surface area contributed by atoms with Crippen LogP contribution in [0.15, 0.2) is 36.5 Å². The average molecular weight is 423 g/mol. The summed E-state index contributed by atoms with van der Waals surface area (Å²) in [6.07, 6.45) is 3.44. The highest BCUT2D eigenvalue weighted by atomic mass is 127. The van der Waals surface area contributed by atoms with E-state index in [2.05, 4.69) is 32.6 Å². The maximum Gasteiger partial charge on any atom is 0.253 e. The molecular weight excluding hydrogens is 405 g/mol. The first-order valence-corrected chi connectivity index (χ1v) is 8.71. The van der Waals surface area contributed by atoms with Gasteiger partial charge in [0.15, 0.2) is 0 Å². The first-order chi connectivity index (χ1) is 11.1. The first kappa shape index (κ1) is 16.2. The molecule has 1 amide bonds. The van der Waals surface area contributed by atoms with Crippen LogP contribution in [0.3, 0.4) is 0 Å². The lowest BCUT2D eigenvalue weighted by molar-refractivity contribution is 0.0587. The number of carbonyl (C=O) groups excluding carboxylic acids is 1. The minimum absolute atomic E-state index is 0.0951. The van der Waals surface area contributed by atoms with Gasteiger partial charge in [0.1, 0.15) is 11.9 Å². The number of carbonyl (C=O) groups is 1. The molecule has 1 fully saturated rings. The fraction of sp³-hybridized carbons (Fsp3) is 0.353. The summed E-state index contributed by atoms with van der Waals surface area (Å²) in [4.78, 5) is 22.7. The Hall–Kier alpha value is -1.70. The molecule has 5 nitrogen and oxygen atoms in total. The van der Waals surface area contributed by atoms with E-state index in [-0.39, 0.29) is 12.0 Å². The van der Waals surface area contributed by atoms with E-state index in [0.29, 0.717) is 24.8 Å². The number of aryl methyl sites for hydroxylation is 1. The predicted molar refractivity (Wildman–Crippen MR) is 95.5 cm³/mol. The van der Waals surface area contributed by atoms with E-state index >= 15 is 0 Å².